The van der Waals surface area contributed by atoms with E-state index in [1.54, 1.807) is 0 Å². The lowest BCUT2D eigenvalue weighted by Gasteiger charge is -2.36. The standard InChI is InChI=1S/C20H25NO4/c1-14-6-5-13-20(3,4)18(14)12-7-15(2)25-19(22)16-8-10-17(11-9-16)21(23)24/h6-12,15,18H,5,13H2,1-4H3/b12-7+/t15-,18+/m1/s1. The number of carbonyl (C=O) groups is 1. The number of rotatable bonds is 5. The van der Waals surface area contributed by atoms with Crippen LogP contribution in [0, 0.1) is 21.4 Å². The van der Waals surface area contributed by atoms with Crippen LogP contribution in [0.2, 0.25) is 0 Å². The van der Waals surface area contributed by atoms with Crippen molar-refractivity contribution in [2.45, 2.75) is 46.6 Å². The van der Waals surface area contributed by atoms with Gasteiger partial charge in [-0.3, -0.25) is 10.1 Å². The Hall–Kier alpha value is -2.43. The van der Waals surface area contributed by atoms with E-state index in [0.29, 0.717) is 11.5 Å². The molecule has 0 aromatic heterocycles. The molecule has 2 rings (SSSR count). The van der Waals surface area contributed by atoms with E-state index in [0.717, 1.165) is 12.8 Å². The predicted molar refractivity (Wildman–Crippen MR) is 97.4 cm³/mol. The highest BCUT2D eigenvalue weighted by atomic mass is 16.6. The van der Waals surface area contributed by atoms with Gasteiger partial charge in [-0.1, -0.05) is 31.6 Å². The highest BCUT2D eigenvalue weighted by molar-refractivity contribution is 5.89. The monoisotopic (exact) mass is 343 g/mol. The van der Waals surface area contributed by atoms with Gasteiger partial charge in [0.15, 0.2) is 0 Å². The minimum Gasteiger partial charge on any atom is -0.455 e. The van der Waals surface area contributed by atoms with Crippen LogP contribution in [0.25, 0.3) is 0 Å². The lowest BCUT2D eigenvalue weighted by atomic mass is 9.68. The first-order chi connectivity index (χ1) is 11.7. The normalized spacial score (nSPS) is 20.8. The maximum atomic E-state index is 12.1. The van der Waals surface area contributed by atoms with Crippen molar-refractivity contribution in [2.24, 2.45) is 11.3 Å². The van der Waals surface area contributed by atoms with Crippen molar-refractivity contribution < 1.29 is 14.5 Å². The number of benzene rings is 1. The summed E-state index contributed by atoms with van der Waals surface area (Å²) in [6.07, 6.45) is 8.18. The van der Waals surface area contributed by atoms with Crippen LogP contribution < -0.4 is 0 Å². The minimum atomic E-state index is -0.498. The topological polar surface area (TPSA) is 69.4 Å². The Balaban J connectivity index is 2.00. The van der Waals surface area contributed by atoms with Crippen molar-refractivity contribution in [3.05, 3.63) is 63.7 Å². The molecule has 25 heavy (non-hydrogen) atoms. The lowest BCUT2D eigenvalue weighted by molar-refractivity contribution is -0.384. The second-order valence-corrected chi connectivity index (χ2v) is 7.25. The third-order valence-corrected chi connectivity index (χ3v) is 4.77. The zero-order valence-electron chi connectivity index (χ0n) is 15.2. The first kappa shape index (κ1) is 18.9. The van der Waals surface area contributed by atoms with Gasteiger partial charge in [0, 0.05) is 18.1 Å². The van der Waals surface area contributed by atoms with Crippen LogP contribution in [-0.2, 0) is 4.74 Å². The Morgan fingerprint density at radius 2 is 2.00 bits per heavy atom. The molecule has 0 saturated heterocycles. The molecule has 0 saturated carbocycles. The number of non-ortho nitro benzene ring substituents is 1. The molecule has 0 bridgehead atoms. The number of allylic oxidation sites excluding steroid dienone is 3. The van der Waals surface area contributed by atoms with Crippen LogP contribution in [-0.4, -0.2) is 17.0 Å². The number of hydrogen-bond donors (Lipinski definition) is 0. The summed E-state index contributed by atoms with van der Waals surface area (Å²) in [7, 11) is 0. The van der Waals surface area contributed by atoms with Gasteiger partial charge in [-0.05, 0) is 50.3 Å². The van der Waals surface area contributed by atoms with Gasteiger partial charge in [0.25, 0.3) is 5.69 Å². The molecule has 1 aliphatic carbocycles. The molecule has 0 spiro atoms. The van der Waals surface area contributed by atoms with Gasteiger partial charge in [-0.25, -0.2) is 4.79 Å². The zero-order valence-corrected chi connectivity index (χ0v) is 15.2. The molecule has 5 nitrogen and oxygen atoms in total. The van der Waals surface area contributed by atoms with Gasteiger partial charge in [-0.15, -0.1) is 0 Å². The minimum absolute atomic E-state index is 0.0497. The number of carbonyl (C=O) groups excluding carboxylic acids is 1. The van der Waals surface area contributed by atoms with E-state index in [2.05, 4.69) is 32.9 Å². The molecule has 1 aliphatic rings. The van der Waals surface area contributed by atoms with Gasteiger partial charge >= 0.3 is 5.97 Å². The number of ether oxygens (including phenoxy) is 1. The van der Waals surface area contributed by atoms with Gasteiger partial charge in [0.2, 0.25) is 0 Å². The van der Waals surface area contributed by atoms with E-state index >= 15 is 0 Å². The Morgan fingerprint density at radius 1 is 1.36 bits per heavy atom. The van der Waals surface area contributed by atoms with Crippen LogP contribution in [0.4, 0.5) is 5.69 Å². The van der Waals surface area contributed by atoms with E-state index in [9.17, 15) is 14.9 Å². The highest BCUT2D eigenvalue weighted by Gasteiger charge is 2.30. The van der Waals surface area contributed by atoms with Crippen molar-refractivity contribution in [2.75, 3.05) is 0 Å². The first-order valence-corrected chi connectivity index (χ1v) is 8.51. The predicted octanol–water partition coefficient (Wildman–Crippen LogP) is 5.08. The summed E-state index contributed by atoms with van der Waals surface area (Å²) in [5.41, 5.74) is 1.80. The fourth-order valence-electron chi connectivity index (χ4n) is 3.25. The summed E-state index contributed by atoms with van der Waals surface area (Å²) >= 11 is 0. The summed E-state index contributed by atoms with van der Waals surface area (Å²) in [6, 6.07) is 5.42. The van der Waals surface area contributed by atoms with Crippen LogP contribution in [0.1, 0.15) is 50.9 Å². The molecule has 2 atom stereocenters. The summed E-state index contributed by atoms with van der Waals surface area (Å²) in [6.45, 7) is 8.47. The molecule has 0 radical (unpaired) electrons. The van der Waals surface area contributed by atoms with Crippen molar-refractivity contribution in [3.8, 4) is 0 Å². The largest absolute Gasteiger partial charge is 0.455 e. The van der Waals surface area contributed by atoms with Crippen LogP contribution in [0.5, 0.6) is 0 Å². The highest BCUT2D eigenvalue weighted by Crippen LogP contribution is 2.41. The quantitative estimate of drug-likeness (QED) is 0.323. The number of nitro groups is 1. The molecule has 0 N–H and O–H groups in total. The molecule has 1 aromatic carbocycles. The third-order valence-electron chi connectivity index (χ3n) is 4.77. The molecule has 1 aromatic rings. The van der Waals surface area contributed by atoms with Crippen LogP contribution in [0.3, 0.4) is 0 Å². The molecule has 0 aliphatic heterocycles. The second-order valence-electron chi connectivity index (χ2n) is 7.25. The van der Waals surface area contributed by atoms with E-state index in [-0.39, 0.29) is 17.2 Å². The molecule has 0 fully saturated rings. The number of nitro benzene ring substituents is 1. The van der Waals surface area contributed by atoms with E-state index < -0.39 is 10.9 Å². The second kappa shape index (κ2) is 7.64. The summed E-state index contributed by atoms with van der Waals surface area (Å²) in [5, 5.41) is 10.7. The molecule has 134 valence electrons. The molecule has 0 heterocycles. The number of esters is 1. The average Bonchev–Trinajstić information content (AvgIpc) is 2.53. The Kier molecular flexibility index (Phi) is 5.77. The van der Waals surface area contributed by atoms with Gasteiger partial charge in [0.05, 0.1) is 10.5 Å². The Bertz CT molecular complexity index is 701. The van der Waals surface area contributed by atoms with Crippen molar-refractivity contribution in [1.29, 1.82) is 0 Å². The van der Waals surface area contributed by atoms with Gasteiger partial charge in [-0.2, -0.15) is 0 Å². The number of hydrogen-bond acceptors (Lipinski definition) is 4. The maximum absolute atomic E-state index is 12.1. The fourth-order valence-corrected chi connectivity index (χ4v) is 3.25. The zero-order chi connectivity index (χ0) is 18.6. The van der Waals surface area contributed by atoms with E-state index in [1.807, 2.05) is 13.0 Å². The average molecular weight is 343 g/mol. The summed E-state index contributed by atoms with van der Waals surface area (Å²) in [5.74, 6) is -0.149. The van der Waals surface area contributed by atoms with Crippen molar-refractivity contribution in [1.82, 2.24) is 0 Å². The molecule has 0 unspecified atom stereocenters. The van der Waals surface area contributed by atoms with Crippen LogP contribution in [0.15, 0.2) is 48.1 Å². The molecule has 0 amide bonds. The van der Waals surface area contributed by atoms with Gasteiger partial charge in [0.1, 0.15) is 6.10 Å². The maximum Gasteiger partial charge on any atom is 0.338 e. The van der Waals surface area contributed by atoms with Crippen molar-refractivity contribution in [3.63, 3.8) is 0 Å². The van der Waals surface area contributed by atoms with Crippen LogP contribution >= 0.6 is 0 Å². The first-order valence-electron chi connectivity index (χ1n) is 8.51. The molecular formula is C20H25NO4. The third kappa shape index (κ3) is 4.78. The van der Waals surface area contributed by atoms with Gasteiger partial charge < -0.3 is 4.74 Å². The Morgan fingerprint density at radius 3 is 2.56 bits per heavy atom. The molecule has 5 heteroatoms. The summed E-state index contributed by atoms with van der Waals surface area (Å²) in [4.78, 5) is 22.3. The van der Waals surface area contributed by atoms with E-state index in [1.165, 1.54) is 29.8 Å². The van der Waals surface area contributed by atoms with Crippen molar-refractivity contribution >= 4 is 11.7 Å². The Labute approximate surface area is 148 Å². The number of nitrogens with zero attached hydrogens (tertiary/aromatic N) is 1. The SMILES string of the molecule is CC1=CCCC(C)(C)[C@H]1/C=C/[C@@H](C)OC(=O)c1ccc([N+](=O)[O-])cc1. The smallest absolute Gasteiger partial charge is 0.338 e. The lowest BCUT2D eigenvalue weighted by Crippen LogP contribution is -2.26. The molecular weight excluding hydrogens is 318 g/mol. The van der Waals surface area contributed by atoms with E-state index in [4.69, 9.17) is 4.74 Å². The fraction of sp³-hybridized carbons (Fsp3) is 0.450. The summed E-state index contributed by atoms with van der Waals surface area (Å²) < 4.78 is 5.42.